The van der Waals surface area contributed by atoms with Crippen LogP contribution < -0.4 is 0 Å². The van der Waals surface area contributed by atoms with E-state index < -0.39 is 6.04 Å². The molecule has 0 amide bonds. The Hall–Kier alpha value is -3.34. The van der Waals surface area contributed by atoms with E-state index in [1.165, 1.54) is 7.11 Å². The number of hydrogen-bond acceptors (Lipinski definition) is 4. The Balaban J connectivity index is 1.72. The molecule has 0 aliphatic carbocycles. The van der Waals surface area contributed by atoms with Gasteiger partial charge in [-0.15, -0.1) is 0 Å². The van der Waals surface area contributed by atoms with Crippen LogP contribution in [0.4, 0.5) is 0 Å². The topological polar surface area (TPSA) is 62.4 Å². The average molecular weight is 374 g/mol. The number of esters is 1. The van der Waals surface area contributed by atoms with E-state index >= 15 is 0 Å². The summed E-state index contributed by atoms with van der Waals surface area (Å²) in [7, 11) is 1.40. The zero-order valence-electron chi connectivity index (χ0n) is 15.7. The number of hydrogen-bond donors (Lipinski definition) is 1. The molecule has 142 valence electrons. The van der Waals surface area contributed by atoms with Crippen molar-refractivity contribution < 1.29 is 14.3 Å². The van der Waals surface area contributed by atoms with E-state index in [-0.39, 0.29) is 17.8 Å². The van der Waals surface area contributed by atoms with E-state index in [4.69, 9.17) is 4.74 Å². The summed E-state index contributed by atoms with van der Waals surface area (Å²) in [5.74, 6) is -0.258. The second kappa shape index (κ2) is 7.72. The molecule has 3 aromatic rings. The first-order valence-corrected chi connectivity index (χ1v) is 9.33. The monoisotopic (exact) mass is 374 g/mol. The number of benzene rings is 2. The van der Waals surface area contributed by atoms with Crippen molar-refractivity contribution in [1.82, 2.24) is 9.88 Å². The predicted octanol–water partition coefficient (Wildman–Crippen LogP) is 3.78. The lowest BCUT2D eigenvalue weighted by Crippen LogP contribution is -2.44. The Morgan fingerprint density at radius 2 is 1.93 bits per heavy atom. The van der Waals surface area contributed by atoms with Gasteiger partial charge in [0, 0.05) is 36.1 Å². The van der Waals surface area contributed by atoms with Crippen molar-refractivity contribution >= 4 is 22.7 Å². The highest BCUT2D eigenvalue weighted by atomic mass is 16.5. The Bertz CT molecular complexity index is 1020. The molecule has 2 aromatic carbocycles. The molecule has 1 aromatic heterocycles. The van der Waals surface area contributed by atoms with Crippen molar-refractivity contribution in [2.24, 2.45) is 0 Å². The van der Waals surface area contributed by atoms with Crippen molar-refractivity contribution in [2.45, 2.75) is 24.9 Å². The molecular formula is C23H22N2O3. The predicted molar refractivity (Wildman–Crippen MR) is 108 cm³/mol. The lowest BCUT2D eigenvalue weighted by molar-refractivity contribution is -0.147. The van der Waals surface area contributed by atoms with E-state index in [2.05, 4.69) is 4.98 Å². The van der Waals surface area contributed by atoms with Crippen molar-refractivity contribution in [3.63, 3.8) is 0 Å². The Morgan fingerprint density at radius 1 is 1.18 bits per heavy atom. The standard InChI is InChI=1S/C23H22N2O3/c1-28-23(27)22(13-17-15-24-20-10-6-5-9-19(17)20)25-12-11-18(26)14-21(25)16-7-3-2-4-8-16/h2-12,15,21-22,24H,13-14H2,1H3/t21-,22+/m1/s1. The Labute approximate surface area is 163 Å². The molecule has 5 nitrogen and oxygen atoms in total. The number of nitrogens with zero attached hydrogens (tertiary/aromatic N) is 1. The van der Waals surface area contributed by atoms with Gasteiger partial charge in [0.2, 0.25) is 0 Å². The van der Waals surface area contributed by atoms with Crippen LogP contribution in [0.1, 0.15) is 23.6 Å². The summed E-state index contributed by atoms with van der Waals surface area (Å²) in [5, 5.41) is 1.09. The number of ether oxygens (including phenoxy) is 1. The number of para-hydroxylation sites is 1. The molecule has 0 saturated carbocycles. The third-order valence-electron chi connectivity index (χ3n) is 5.29. The fraction of sp³-hybridized carbons (Fsp3) is 0.217. The SMILES string of the molecule is COC(=O)[C@H](Cc1c[nH]c2ccccc12)N1C=CC(=O)C[C@@H]1c1ccccc1. The van der Waals surface area contributed by atoms with Gasteiger partial charge in [0.1, 0.15) is 6.04 Å². The summed E-state index contributed by atoms with van der Waals surface area (Å²) >= 11 is 0. The van der Waals surface area contributed by atoms with Crippen molar-refractivity contribution in [3.05, 3.63) is 84.2 Å². The number of ketones is 1. The first-order valence-electron chi connectivity index (χ1n) is 9.33. The van der Waals surface area contributed by atoms with Crippen molar-refractivity contribution in [3.8, 4) is 0 Å². The maximum Gasteiger partial charge on any atom is 0.328 e. The van der Waals surface area contributed by atoms with Crippen LogP contribution in [0.5, 0.6) is 0 Å². The molecule has 1 aliphatic heterocycles. The zero-order chi connectivity index (χ0) is 19.5. The van der Waals surface area contributed by atoms with E-state index in [1.54, 1.807) is 12.3 Å². The van der Waals surface area contributed by atoms with Crippen molar-refractivity contribution in [2.75, 3.05) is 7.11 Å². The summed E-state index contributed by atoms with van der Waals surface area (Å²) in [6, 6.07) is 17.1. The molecule has 5 heteroatoms. The summed E-state index contributed by atoms with van der Waals surface area (Å²) in [6.07, 6.45) is 6.04. The van der Waals surface area contributed by atoms with Gasteiger partial charge in [-0.05, 0) is 23.3 Å². The van der Waals surface area contributed by atoms with Crippen LogP contribution in [-0.2, 0) is 20.7 Å². The minimum absolute atomic E-state index is 0.0563. The Morgan fingerprint density at radius 3 is 2.71 bits per heavy atom. The third-order valence-corrected chi connectivity index (χ3v) is 5.29. The maximum absolute atomic E-state index is 12.7. The highest BCUT2D eigenvalue weighted by Crippen LogP contribution is 2.32. The number of allylic oxidation sites excluding steroid dienone is 1. The minimum atomic E-state index is -0.529. The highest BCUT2D eigenvalue weighted by Gasteiger charge is 2.34. The third kappa shape index (κ3) is 3.43. The first kappa shape index (κ1) is 18.0. The Kier molecular flexibility index (Phi) is 4.98. The number of rotatable bonds is 5. The van der Waals surface area contributed by atoms with E-state index in [0.717, 1.165) is 22.0 Å². The van der Waals surface area contributed by atoms with Gasteiger partial charge in [0.15, 0.2) is 5.78 Å². The van der Waals surface area contributed by atoms with E-state index in [9.17, 15) is 9.59 Å². The molecule has 0 spiro atoms. The van der Waals surface area contributed by atoms with E-state index in [1.807, 2.05) is 65.7 Å². The highest BCUT2D eigenvalue weighted by molar-refractivity contribution is 5.91. The van der Waals surface area contributed by atoms with Gasteiger partial charge < -0.3 is 14.6 Å². The molecule has 28 heavy (non-hydrogen) atoms. The van der Waals surface area contributed by atoms with Crippen LogP contribution >= 0.6 is 0 Å². The first-order chi connectivity index (χ1) is 13.7. The van der Waals surface area contributed by atoms with E-state index in [0.29, 0.717) is 12.8 Å². The van der Waals surface area contributed by atoms with Crippen LogP contribution in [0.25, 0.3) is 10.9 Å². The number of fused-ring (bicyclic) bond motifs is 1. The second-order valence-corrected chi connectivity index (χ2v) is 6.96. The smallest absolute Gasteiger partial charge is 0.328 e. The number of aromatic nitrogens is 1. The quantitative estimate of drug-likeness (QED) is 0.691. The molecule has 0 saturated heterocycles. The summed E-state index contributed by atoms with van der Waals surface area (Å²) in [5.41, 5.74) is 3.08. The lowest BCUT2D eigenvalue weighted by atomic mass is 9.93. The molecular weight excluding hydrogens is 352 g/mol. The van der Waals surface area contributed by atoms with Gasteiger partial charge in [-0.3, -0.25) is 4.79 Å². The number of nitrogens with one attached hydrogen (secondary N) is 1. The van der Waals surface area contributed by atoms with Gasteiger partial charge in [0.05, 0.1) is 13.2 Å². The van der Waals surface area contributed by atoms with Gasteiger partial charge in [-0.25, -0.2) is 4.79 Å². The van der Waals surface area contributed by atoms with Crippen LogP contribution in [0.2, 0.25) is 0 Å². The fourth-order valence-corrected chi connectivity index (χ4v) is 3.88. The molecule has 2 atom stereocenters. The number of carbonyl (C=O) groups is 2. The molecule has 2 heterocycles. The lowest BCUT2D eigenvalue weighted by Gasteiger charge is -2.38. The second-order valence-electron chi connectivity index (χ2n) is 6.96. The number of H-pyrrole nitrogens is 1. The molecule has 1 aliphatic rings. The summed E-state index contributed by atoms with van der Waals surface area (Å²) in [4.78, 5) is 30.1. The number of aromatic amines is 1. The van der Waals surface area contributed by atoms with Gasteiger partial charge in [-0.2, -0.15) is 0 Å². The zero-order valence-corrected chi connectivity index (χ0v) is 15.7. The molecule has 0 bridgehead atoms. The average Bonchev–Trinajstić information content (AvgIpc) is 3.15. The van der Waals surface area contributed by atoms with Gasteiger partial charge in [0.25, 0.3) is 0 Å². The number of methoxy groups -OCH3 is 1. The van der Waals surface area contributed by atoms with Crippen LogP contribution in [0.15, 0.2) is 73.1 Å². The molecule has 1 N–H and O–H groups in total. The van der Waals surface area contributed by atoms with Gasteiger partial charge >= 0.3 is 5.97 Å². The summed E-state index contributed by atoms with van der Waals surface area (Å²) < 4.78 is 5.13. The van der Waals surface area contributed by atoms with Gasteiger partial charge in [-0.1, -0.05) is 48.5 Å². The van der Waals surface area contributed by atoms with Crippen LogP contribution in [-0.4, -0.2) is 34.8 Å². The normalized spacial score (nSPS) is 17.7. The van der Waals surface area contributed by atoms with Crippen LogP contribution in [0, 0.1) is 0 Å². The minimum Gasteiger partial charge on any atom is -0.467 e. The maximum atomic E-state index is 12.7. The van der Waals surface area contributed by atoms with Crippen LogP contribution in [0.3, 0.4) is 0 Å². The summed E-state index contributed by atoms with van der Waals surface area (Å²) in [6.45, 7) is 0. The number of carbonyl (C=O) groups excluding carboxylic acids is 2. The molecule has 4 rings (SSSR count). The molecule has 0 radical (unpaired) electrons. The largest absolute Gasteiger partial charge is 0.467 e. The van der Waals surface area contributed by atoms with Crippen molar-refractivity contribution in [1.29, 1.82) is 0 Å². The molecule has 0 fully saturated rings. The fourth-order valence-electron chi connectivity index (χ4n) is 3.88. The molecule has 0 unspecified atom stereocenters.